The smallest absolute Gasteiger partial charge is 0.320 e. The first-order chi connectivity index (χ1) is 10.8. The summed E-state index contributed by atoms with van der Waals surface area (Å²) in [6, 6.07) is 8.43. The fourth-order valence-electron chi connectivity index (χ4n) is 2.56. The number of carboxylic acids is 1. The molecule has 1 aliphatic rings. The van der Waals surface area contributed by atoms with Gasteiger partial charge in [0.05, 0.1) is 5.92 Å². The molecule has 0 aliphatic carbocycles. The maximum atomic E-state index is 12.5. The molecule has 3 amide bonds. The van der Waals surface area contributed by atoms with Crippen molar-refractivity contribution in [3.05, 3.63) is 30.3 Å². The number of nitrogens with zero attached hydrogens (tertiary/aromatic N) is 1. The first kappa shape index (κ1) is 16.8. The van der Waals surface area contributed by atoms with Crippen molar-refractivity contribution in [2.75, 3.05) is 18.4 Å². The topological polar surface area (TPSA) is 98.7 Å². The number of hydrogen-bond acceptors (Lipinski definition) is 3. The fraction of sp³-hybridized carbons (Fsp3) is 0.438. The molecule has 7 nitrogen and oxygen atoms in total. The molecule has 1 aromatic carbocycles. The minimum absolute atomic E-state index is 0.180. The summed E-state index contributed by atoms with van der Waals surface area (Å²) in [5, 5.41) is 14.3. The third-order valence-electron chi connectivity index (χ3n) is 3.82. The van der Waals surface area contributed by atoms with Gasteiger partial charge in [-0.05, 0) is 32.4 Å². The lowest BCUT2D eigenvalue weighted by atomic mass is 10.0. The van der Waals surface area contributed by atoms with Crippen LogP contribution in [0.2, 0.25) is 0 Å². The molecule has 0 spiro atoms. The molecule has 0 aromatic heterocycles. The second-order valence-electron chi connectivity index (χ2n) is 6.15. The number of hydrogen-bond donors (Lipinski definition) is 3. The molecule has 23 heavy (non-hydrogen) atoms. The van der Waals surface area contributed by atoms with Crippen LogP contribution in [-0.2, 0) is 9.59 Å². The van der Waals surface area contributed by atoms with E-state index in [-0.39, 0.29) is 12.5 Å². The summed E-state index contributed by atoms with van der Waals surface area (Å²) in [6.07, 6.45) is 0.438. The number of carbonyl (C=O) groups excluding carboxylic acids is 2. The summed E-state index contributed by atoms with van der Waals surface area (Å²) < 4.78 is 0. The standard InChI is InChI=1S/C16H21N3O4/c1-16(2,14(22)19-9-8-11(10-19)13(20)21)18-15(23)17-12-6-4-3-5-7-12/h3-7,11H,8-10H2,1-2H3,(H,20,21)(H2,17,18,23). The molecule has 0 radical (unpaired) electrons. The van der Waals surface area contributed by atoms with Crippen molar-refractivity contribution in [3.63, 3.8) is 0 Å². The van der Waals surface area contributed by atoms with E-state index in [4.69, 9.17) is 5.11 Å². The molecular formula is C16H21N3O4. The second-order valence-corrected chi connectivity index (χ2v) is 6.15. The molecule has 1 saturated heterocycles. The van der Waals surface area contributed by atoms with E-state index < -0.39 is 23.5 Å². The Kier molecular flexibility index (Phi) is 4.88. The summed E-state index contributed by atoms with van der Waals surface area (Å²) >= 11 is 0. The molecule has 124 valence electrons. The average Bonchev–Trinajstić information content (AvgIpc) is 2.96. The van der Waals surface area contributed by atoms with E-state index in [1.54, 1.807) is 38.1 Å². The normalized spacial score (nSPS) is 17.7. The van der Waals surface area contributed by atoms with Gasteiger partial charge < -0.3 is 20.6 Å². The first-order valence-electron chi connectivity index (χ1n) is 7.46. The predicted octanol–water partition coefficient (Wildman–Crippen LogP) is 1.52. The highest BCUT2D eigenvalue weighted by Gasteiger charge is 2.38. The lowest BCUT2D eigenvalue weighted by Crippen LogP contribution is -2.56. The zero-order valence-corrected chi connectivity index (χ0v) is 13.2. The minimum atomic E-state index is -1.12. The highest BCUT2D eigenvalue weighted by atomic mass is 16.4. The Bertz CT molecular complexity index is 601. The van der Waals surface area contributed by atoms with Gasteiger partial charge in [-0.15, -0.1) is 0 Å². The number of aliphatic carboxylic acids is 1. The molecule has 1 aliphatic heterocycles. The summed E-state index contributed by atoms with van der Waals surface area (Å²) in [5.41, 5.74) is -0.493. The third kappa shape index (κ3) is 4.21. The maximum absolute atomic E-state index is 12.5. The molecule has 0 bridgehead atoms. The van der Waals surface area contributed by atoms with Crippen LogP contribution in [0.25, 0.3) is 0 Å². The Morgan fingerprint density at radius 1 is 1.22 bits per heavy atom. The molecule has 3 N–H and O–H groups in total. The number of nitrogens with one attached hydrogen (secondary N) is 2. The number of benzene rings is 1. The fourth-order valence-corrected chi connectivity index (χ4v) is 2.56. The Morgan fingerprint density at radius 2 is 1.87 bits per heavy atom. The summed E-state index contributed by atoms with van der Waals surface area (Å²) in [5.74, 6) is -1.72. The molecule has 1 unspecified atom stereocenters. The number of anilines is 1. The molecular weight excluding hydrogens is 298 g/mol. The second kappa shape index (κ2) is 6.68. The first-order valence-corrected chi connectivity index (χ1v) is 7.46. The Morgan fingerprint density at radius 3 is 2.43 bits per heavy atom. The van der Waals surface area contributed by atoms with Crippen LogP contribution in [0.5, 0.6) is 0 Å². The maximum Gasteiger partial charge on any atom is 0.320 e. The van der Waals surface area contributed by atoms with E-state index in [9.17, 15) is 14.4 Å². The molecule has 7 heteroatoms. The molecule has 1 fully saturated rings. The zero-order valence-electron chi connectivity index (χ0n) is 13.2. The predicted molar refractivity (Wildman–Crippen MR) is 85.0 cm³/mol. The minimum Gasteiger partial charge on any atom is -0.481 e. The van der Waals surface area contributed by atoms with Crippen LogP contribution in [0.3, 0.4) is 0 Å². The SMILES string of the molecule is CC(C)(NC(=O)Nc1ccccc1)C(=O)N1CCC(C(=O)O)C1. The van der Waals surface area contributed by atoms with Crippen LogP contribution >= 0.6 is 0 Å². The molecule has 1 heterocycles. The van der Waals surface area contributed by atoms with Crippen molar-refractivity contribution < 1.29 is 19.5 Å². The Balaban J connectivity index is 1.94. The van der Waals surface area contributed by atoms with Gasteiger partial charge in [0.25, 0.3) is 0 Å². The number of likely N-dealkylation sites (tertiary alicyclic amines) is 1. The Hall–Kier alpha value is -2.57. The van der Waals surface area contributed by atoms with Crippen molar-refractivity contribution in [1.29, 1.82) is 0 Å². The number of urea groups is 1. The van der Waals surface area contributed by atoms with Gasteiger partial charge in [-0.2, -0.15) is 0 Å². The van der Waals surface area contributed by atoms with E-state index in [2.05, 4.69) is 10.6 Å². The summed E-state index contributed by atoms with van der Waals surface area (Å²) in [6.45, 7) is 3.78. The third-order valence-corrected chi connectivity index (χ3v) is 3.82. The van der Waals surface area contributed by atoms with Crippen molar-refractivity contribution in [3.8, 4) is 0 Å². The molecule has 2 rings (SSSR count). The van der Waals surface area contributed by atoms with Crippen LogP contribution in [0, 0.1) is 5.92 Å². The molecule has 0 saturated carbocycles. The van der Waals surface area contributed by atoms with Crippen LogP contribution < -0.4 is 10.6 Å². The molecule has 1 atom stereocenters. The lowest BCUT2D eigenvalue weighted by Gasteiger charge is -2.30. The van der Waals surface area contributed by atoms with E-state index in [0.29, 0.717) is 18.7 Å². The lowest BCUT2D eigenvalue weighted by molar-refractivity contribution is -0.141. The van der Waals surface area contributed by atoms with E-state index in [0.717, 1.165) is 0 Å². The largest absolute Gasteiger partial charge is 0.481 e. The number of amides is 3. The number of carboxylic acid groups (broad SMARTS) is 1. The van der Waals surface area contributed by atoms with Crippen LogP contribution in [0.4, 0.5) is 10.5 Å². The highest BCUT2D eigenvalue weighted by molar-refractivity contribution is 5.95. The van der Waals surface area contributed by atoms with Gasteiger partial charge in [0.1, 0.15) is 5.54 Å². The van der Waals surface area contributed by atoms with Crippen molar-refractivity contribution in [1.82, 2.24) is 10.2 Å². The monoisotopic (exact) mass is 319 g/mol. The van der Waals surface area contributed by atoms with Gasteiger partial charge in [0, 0.05) is 18.8 Å². The van der Waals surface area contributed by atoms with Crippen LogP contribution in [-0.4, -0.2) is 46.5 Å². The van der Waals surface area contributed by atoms with Gasteiger partial charge in [-0.3, -0.25) is 9.59 Å². The van der Waals surface area contributed by atoms with Crippen LogP contribution in [0.15, 0.2) is 30.3 Å². The van der Waals surface area contributed by atoms with E-state index >= 15 is 0 Å². The summed E-state index contributed by atoms with van der Waals surface area (Å²) in [4.78, 5) is 37.0. The number of carbonyl (C=O) groups is 3. The van der Waals surface area contributed by atoms with Gasteiger partial charge in [-0.1, -0.05) is 18.2 Å². The number of rotatable bonds is 4. The van der Waals surface area contributed by atoms with Crippen molar-refractivity contribution in [2.24, 2.45) is 5.92 Å². The summed E-state index contributed by atoms with van der Waals surface area (Å²) in [7, 11) is 0. The van der Waals surface area contributed by atoms with E-state index in [1.807, 2.05) is 6.07 Å². The van der Waals surface area contributed by atoms with Crippen LogP contribution in [0.1, 0.15) is 20.3 Å². The average molecular weight is 319 g/mol. The van der Waals surface area contributed by atoms with Gasteiger partial charge in [-0.25, -0.2) is 4.79 Å². The van der Waals surface area contributed by atoms with Gasteiger partial charge in [0.15, 0.2) is 0 Å². The quantitative estimate of drug-likeness (QED) is 0.783. The van der Waals surface area contributed by atoms with Gasteiger partial charge >= 0.3 is 12.0 Å². The van der Waals surface area contributed by atoms with E-state index in [1.165, 1.54) is 4.90 Å². The Labute approximate surface area is 134 Å². The zero-order chi connectivity index (χ0) is 17.0. The van der Waals surface area contributed by atoms with Gasteiger partial charge in [0.2, 0.25) is 5.91 Å². The highest BCUT2D eigenvalue weighted by Crippen LogP contribution is 2.20. The molecule has 1 aromatic rings. The van der Waals surface area contributed by atoms with Crippen molar-refractivity contribution >= 4 is 23.6 Å². The van der Waals surface area contributed by atoms with Crippen molar-refractivity contribution in [2.45, 2.75) is 25.8 Å². The number of para-hydroxylation sites is 1.